The highest BCUT2D eigenvalue weighted by molar-refractivity contribution is 5.92. The van der Waals surface area contributed by atoms with Crippen LogP contribution in [0.25, 0.3) is 0 Å². The van der Waals surface area contributed by atoms with Crippen LogP contribution in [0.4, 0.5) is 0 Å². The molecule has 176 valence electrons. The van der Waals surface area contributed by atoms with E-state index in [0.29, 0.717) is 30.6 Å². The molecule has 2 saturated carbocycles. The summed E-state index contributed by atoms with van der Waals surface area (Å²) < 4.78 is 23.1. The summed E-state index contributed by atoms with van der Waals surface area (Å²) in [6.07, 6.45) is 11.5. The fourth-order valence-corrected chi connectivity index (χ4v) is 4.46. The van der Waals surface area contributed by atoms with Crippen LogP contribution in [0, 0.1) is 0 Å². The van der Waals surface area contributed by atoms with E-state index in [0.717, 1.165) is 45.1 Å². The Hall–Kier alpha value is -1.89. The van der Waals surface area contributed by atoms with Crippen LogP contribution in [0.3, 0.4) is 0 Å². The van der Waals surface area contributed by atoms with Crippen LogP contribution in [0.15, 0.2) is 36.1 Å². The average molecular weight is 444 g/mol. The van der Waals surface area contributed by atoms with Gasteiger partial charge in [-0.2, -0.15) is 0 Å². The van der Waals surface area contributed by atoms with Crippen LogP contribution in [0.2, 0.25) is 0 Å². The molecule has 1 aromatic rings. The van der Waals surface area contributed by atoms with Gasteiger partial charge in [0, 0.05) is 12.6 Å². The second kappa shape index (κ2) is 11.8. The number of hydrogen-bond donors (Lipinski definition) is 1. The monoisotopic (exact) mass is 443 g/mol. The molecule has 0 bridgehead atoms. The van der Waals surface area contributed by atoms with E-state index in [-0.39, 0.29) is 24.3 Å². The topological polar surface area (TPSA) is 66.0 Å². The lowest BCUT2D eigenvalue weighted by Gasteiger charge is -2.29. The molecule has 0 aromatic heterocycles. The molecular weight excluding hydrogens is 406 g/mol. The molecule has 1 N–H and O–H groups in total. The molecule has 4 rings (SSSR count). The fourth-order valence-electron chi connectivity index (χ4n) is 4.46. The Balaban J connectivity index is 1.12. The quantitative estimate of drug-likeness (QED) is 0.319. The molecule has 2 aliphatic carbocycles. The molecule has 1 aliphatic heterocycles. The van der Waals surface area contributed by atoms with Crippen molar-refractivity contribution in [2.24, 2.45) is 0 Å². The smallest absolute Gasteiger partial charge is 0.286 e. The lowest BCUT2D eigenvalue weighted by atomic mass is 9.93. The van der Waals surface area contributed by atoms with Gasteiger partial charge in [0.2, 0.25) is 0 Å². The molecule has 1 unspecified atom stereocenters. The van der Waals surface area contributed by atoms with Gasteiger partial charge in [-0.25, -0.2) is 0 Å². The van der Waals surface area contributed by atoms with Crippen molar-refractivity contribution >= 4 is 5.91 Å². The first-order valence-corrected chi connectivity index (χ1v) is 12.3. The first-order valence-electron chi connectivity index (χ1n) is 12.3. The normalized spacial score (nSPS) is 26.5. The van der Waals surface area contributed by atoms with Gasteiger partial charge in [0.1, 0.15) is 5.75 Å². The highest BCUT2D eigenvalue weighted by Crippen LogP contribution is 2.40. The molecule has 3 aliphatic rings. The molecule has 1 heterocycles. The highest BCUT2D eigenvalue weighted by Gasteiger charge is 2.25. The SMILES string of the molecule is CC=C(Oc1ccc(C2CC2)cc1)C(=O)NC1CCC(OCCOC2CCCCO2)CC1. The number of rotatable bonds is 10. The highest BCUT2D eigenvalue weighted by atomic mass is 16.7. The third-order valence-corrected chi connectivity index (χ3v) is 6.53. The van der Waals surface area contributed by atoms with Crippen molar-refractivity contribution in [2.75, 3.05) is 19.8 Å². The Labute approximate surface area is 191 Å². The number of benzene rings is 1. The first kappa shape index (κ1) is 23.3. The zero-order valence-corrected chi connectivity index (χ0v) is 19.2. The molecular formula is C26H37NO5. The predicted molar refractivity (Wildman–Crippen MR) is 122 cm³/mol. The second-order valence-electron chi connectivity index (χ2n) is 9.08. The Morgan fingerprint density at radius 2 is 1.75 bits per heavy atom. The van der Waals surface area contributed by atoms with Crippen molar-refractivity contribution in [2.45, 2.75) is 89.1 Å². The number of carbonyl (C=O) groups is 1. The number of allylic oxidation sites excluding steroid dienone is 1. The van der Waals surface area contributed by atoms with Gasteiger partial charge in [-0.15, -0.1) is 0 Å². The largest absolute Gasteiger partial charge is 0.452 e. The minimum Gasteiger partial charge on any atom is -0.452 e. The summed E-state index contributed by atoms with van der Waals surface area (Å²) in [6, 6.07) is 8.28. The maximum Gasteiger partial charge on any atom is 0.286 e. The van der Waals surface area contributed by atoms with Crippen molar-refractivity contribution in [3.63, 3.8) is 0 Å². The van der Waals surface area contributed by atoms with E-state index in [4.69, 9.17) is 18.9 Å². The maximum atomic E-state index is 12.7. The Bertz CT molecular complexity index is 744. The Kier molecular flexibility index (Phi) is 8.60. The third kappa shape index (κ3) is 7.06. The van der Waals surface area contributed by atoms with Crippen molar-refractivity contribution in [1.82, 2.24) is 5.32 Å². The molecule has 0 radical (unpaired) electrons. The van der Waals surface area contributed by atoms with Gasteiger partial charge < -0.3 is 24.3 Å². The van der Waals surface area contributed by atoms with Crippen molar-refractivity contribution < 1.29 is 23.7 Å². The van der Waals surface area contributed by atoms with E-state index in [1.807, 2.05) is 19.1 Å². The summed E-state index contributed by atoms with van der Waals surface area (Å²) in [6.45, 7) is 3.80. The first-order chi connectivity index (χ1) is 15.7. The van der Waals surface area contributed by atoms with E-state index >= 15 is 0 Å². The summed E-state index contributed by atoms with van der Waals surface area (Å²) >= 11 is 0. The van der Waals surface area contributed by atoms with Gasteiger partial charge in [-0.05, 0) is 94.4 Å². The molecule has 32 heavy (non-hydrogen) atoms. The van der Waals surface area contributed by atoms with E-state index in [9.17, 15) is 4.79 Å². The van der Waals surface area contributed by atoms with Gasteiger partial charge in [0.05, 0.1) is 19.3 Å². The molecule has 6 nitrogen and oxygen atoms in total. The lowest BCUT2D eigenvalue weighted by molar-refractivity contribution is -0.172. The summed E-state index contributed by atoms with van der Waals surface area (Å²) in [5, 5.41) is 3.13. The van der Waals surface area contributed by atoms with Crippen LogP contribution < -0.4 is 10.1 Å². The molecule has 1 saturated heterocycles. The van der Waals surface area contributed by atoms with Gasteiger partial charge in [-0.1, -0.05) is 12.1 Å². The van der Waals surface area contributed by atoms with E-state index in [1.165, 1.54) is 24.8 Å². The maximum absolute atomic E-state index is 12.7. The summed E-state index contributed by atoms with van der Waals surface area (Å²) in [5.41, 5.74) is 1.36. The van der Waals surface area contributed by atoms with Crippen LogP contribution in [0.5, 0.6) is 5.75 Å². The predicted octanol–water partition coefficient (Wildman–Crippen LogP) is 4.83. The van der Waals surface area contributed by atoms with Crippen molar-refractivity contribution in [3.8, 4) is 5.75 Å². The number of amides is 1. The summed E-state index contributed by atoms with van der Waals surface area (Å²) in [7, 11) is 0. The molecule has 1 aromatic carbocycles. The van der Waals surface area contributed by atoms with E-state index in [1.54, 1.807) is 6.08 Å². The van der Waals surface area contributed by atoms with Gasteiger partial charge >= 0.3 is 0 Å². The number of ether oxygens (including phenoxy) is 4. The fraction of sp³-hybridized carbons (Fsp3) is 0.654. The minimum atomic E-state index is -0.149. The molecule has 1 atom stereocenters. The van der Waals surface area contributed by atoms with Crippen LogP contribution >= 0.6 is 0 Å². The zero-order valence-electron chi connectivity index (χ0n) is 19.2. The standard InChI is InChI=1S/C26H37NO5/c1-2-24(32-23-12-8-20(9-13-23)19-6-7-19)26(28)27-21-10-14-22(15-11-21)29-17-18-31-25-5-3-4-16-30-25/h2,8-9,12-13,19,21-22,25H,3-7,10-11,14-18H2,1H3,(H,27,28). The van der Waals surface area contributed by atoms with Crippen LogP contribution in [0.1, 0.15) is 76.2 Å². The van der Waals surface area contributed by atoms with Crippen molar-refractivity contribution in [3.05, 3.63) is 41.7 Å². The summed E-state index contributed by atoms with van der Waals surface area (Å²) in [5.74, 6) is 1.62. The molecule has 3 fully saturated rings. The minimum absolute atomic E-state index is 0.0579. The Morgan fingerprint density at radius 3 is 2.41 bits per heavy atom. The summed E-state index contributed by atoms with van der Waals surface area (Å²) in [4.78, 5) is 12.7. The molecule has 1 amide bonds. The number of nitrogens with one attached hydrogen (secondary N) is 1. The second-order valence-corrected chi connectivity index (χ2v) is 9.08. The Morgan fingerprint density at radius 1 is 1.00 bits per heavy atom. The molecule has 0 spiro atoms. The van der Waals surface area contributed by atoms with E-state index < -0.39 is 0 Å². The molecule has 6 heteroatoms. The van der Waals surface area contributed by atoms with Gasteiger partial charge in [-0.3, -0.25) is 4.79 Å². The average Bonchev–Trinajstić information content (AvgIpc) is 3.68. The van der Waals surface area contributed by atoms with Crippen LogP contribution in [-0.4, -0.2) is 44.2 Å². The van der Waals surface area contributed by atoms with Gasteiger partial charge in [0.25, 0.3) is 5.91 Å². The number of hydrogen-bond acceptors (Lipinski definition) is 5. The zero-order chi connectivity index (χ0) is 22.2. The van der Waals surface area contributed by atoms with Gasteiger partial charge in [0.15, 0.2) is 12.0 Å². The van der Waals surface area contributed by atoms with E-state index in [2.05, 4.69) is 17.4 Å². The third-order valence-electron chi connectivity index (χ3n) is 6.53. The lowest BCUT2D eigenvalue weighted by Crippen LogP contribution is -2.40. The van der Waals surface area contributed by atoms with Crippen molar-refractivity contribution in [1.29, 1.82) is 0 Å². The van der Waals surface area contributed by atoms with Crippen LogP contribution in [-0.2, 0) is 19.0 Å². The number of carbonyl (C=O) groups excluding carboxylic acids is 1.